The van der Waals surface area contributed by atoms with Gasteiger partial charge in [0, 0.05) is 24.5 Å². The molecule has 0 spiro atoms. The number of hydrogen-bond donors (Lipinski definition) is 1. The molecule has 0 unspecified atom stereocenters. The predicted octanol–water partition coefficient (Wildman–Crippen LogP) is 0.928. The van der Waals surface area contributed by atoms with Gasteiger partial charge in [-0.2, -0.15) is 0 Å². The smallest absolute Gasteiger partial charge is 0.116 e. The highest BCUT2D eigenvalue weighted by Gasteiger charge is 2.16. The van der Waals surface area contributed by atoms with Gasteiger partial charge < -0.3 is 10.0 Å². The van der Waals surface area contributed by atoms with Crippen molar-refractivity contribution in [1.82, 2.24) is 24.9 Å². The minimum atomic E-state index is -0.103. The maximum atomic E-state index is 9.43. The summed E-state index contributed by atoms with van der Waals surface area (Å²) in [6.45, 7) is 4.00. The van der Waals surface area contributed by atoms with Crippen LogP contribution in [0.25, 0.3) is 11.3 Å². The summed E-state index contributed by atoms with van der Waals surface area (Å²) in [6, 6.07) is 3.85. The zero-order valence-corrected chi connectivity index (χ0v) is 11.4. The Hall–Kier alpha value is -1.79. The number of nitrogens with zero attached hydrogens (tertiary/aromatic N) is 5. The van der Waals surface area contributed by atoms with Crippen molar-refractivity contribution in [2.75, 3.05) is 19.6 Å². The molecule has 0 bridgehead atoms. The zero-order chi connectivity index (χ0) is 13.8. The SMILES string of the molecule is OCc1nnn(CCN2CCCC2)c1-c1cccnc1. The Balaban J connectivity index is 1.81. The van der Waals surface area contributed by atoms with Crippen molar-refractivity contribution < 1.29 is 5.11 Å². The van der Waals surface area contributed by atoms with Crippen LogP contribution in [0.3, 0.4) is 0 Å². The molecule has 1 aliphatic rings. The van der Waals surface area contributed by atoms with Gasteiger partial charge >= 0.3 is 0 Å². The molecule has 1 N–H and O–H groups in total. The fourth-order valence-electron chi connectivity index (χ4n) is 2.67. The van der Waals surface area contributed by atoms with Crippen LogP contribution >= 0.6 is 0 Å². The highest BCUT2D eigenvalue weighted by atomic mass is 16.3. The van der Waals surface area contributed by atoms with Gasteiger partial charge in [0.1, 0.15) is 5.69 Å². The summed E-state index contributed by atoms with van der Waals surface area (Å²) in [4.78, 5) is 6.57. The number of aromatic nitrogens is 4. The molecule has 0 aliphatic carbocycles. The van der Waals surface area contributed by atoms with Crippen LogP contribution in [0.5, 0.6) is 0 Å². The lowest BCUT2D eigenvalue weighted by atomic mass is 10.1. The first kappa shape index (κ1) is 13.2. The van der Waals surface area contributed by atoms with E-state index >= 15 is 0 Å². The minimum absolute atomic E-state index is 0.103. The molecular formula is C14H19N5O. The number of hydrogen-bond acceptors (Lipinski definition) is 5. The Morgan fingerprint density at radius 3 is 2.75 bits per heavy atom. The first-order valence-corrected chi connectivity index (χ1v) is 7.04. The highest BCUT2D eigenvalue weighted by Crippen LogP contribution is 2.21. The summed E-state index contributed by atoms with van der Waals surface area (Å²) in [6.07, 6.45) is 6.09. The van der Waals surface area contributed by atoms with Crippen LogP contribution in [0.4, 0.5) is 0 Å². The van der Waals surface area contributed by atoms with Crippen molar-refractivity contribution >= 4 is 0 Å². The lowest BCUT2D eigenvalue weighted by Crippen LogP contribution is -2.24. The lowest BCUT2D eigenvalue weighted by molar-refractivity contribution is 0.277. The van der Waals surface area contributed by atoms with Crippen molar-refractivity contribution in [2.24, 2.45) is 0 Å². The molecule has 3 heterocycles. The lowest BCUT2D eigenvalue weighted by Gasteiger charge is -2.15. The first-order valence-electron chi connectivity index (χ1n) is 7.04. The highest BCUT2D eigenvalue weighted by molar-refractivity contribution is 5.60. The molecule has 1 saturated heterocycles. The quantitative estimate of drug-likeness (QED) is 0.877. The molecule has 0 radical (unpaired) electrons. The molecule has 2 aromatic rings. The summed E-state index contributed by atoms with van der Waals surface area (Å²) >= 11 is 0. The predicted molar refractivity (Wildman–Crippen MR) is 74.8 cm³/mol. The fourth-order valence-corrected chi connectivity index (χ4v) is 2.67. The third kappa shape index (κ3) is 2.71. The van der Waals surface area contributed by atoms with Gasteiger partial charge in [0.15, 0.2) is 0 Å². The van der Waals surface area contributed by atoms with Crippen LogP contribution in [0.1, 0.15) is 18.5 Å². The summed E-state index contributed by atoms with van der Waals surface area (Å²) in [5.41, 5.74) is 2.43. The average molecular weight is 273 g/mol. The van der Waals surface area contributed by atoms with Gasteiger partial charge in [-0.25, -0.2) is 4.68 Å². The molecule has 1 aliphatic heterocycles. The van der Waals surface area contributed by atoms with Crippen LogP contribution in [0.15, 0.2) is 24.5 Å². The molecule has 0 aromatic carbocycles. The summed E-state index contributed by atoms with van der Waals surface area (Å²) < 4.78 is 1.88. The van der Waals surface area contributed by atoms with Crippen molar-refractivity contribution in [3.05, 3.63) is 30.2 Å². The van der Waals surface area contributed by atoms with Crippen LogP contribution in [0.2, 0.25) is 0 Å². The summed E-state index contributed by atoms with van der Waals surface area (Å²) in [5.74, 6) is 0. The second-order valence-electron chi connectivity index (χ2n) is 5.06. The number of aliphatic hydroxyl groups excluding tert-OH is 1. The standard InChI is InChI=1S/C14H19N5O/c20-11-13-14(12-4-3-5-15-10-12)19(17-16-13)9-8-18-6-1-2-7-18/h3-5,10,20H,1-2,6-9,11H2. The molecule has 3 rings (SSSR count). The molecule has 106 valence electrons. The number of aliphatic hydroxyl groups is 1. The van der Waals surface area contributed by atoms with E-state index in [0.29, 0.717) is 5.69 Å². The maximum absolute atomic E-state index is 9.43. The van der Waals surface area contributed by atoms with Crippen molar-refractivity contribution in [1.29, 1.82) is 0 Å². The van der Waals surface area contributed by atoms with Crippen molar-refractivity contribution in [2.45, 2.75) is 26.0 Å². The van der Waals surface area contributed by atoms with E-state index in [1.807, 2.05) is 16.8 Å². The molecule has 20 heavy (non-hydrogen) atoms. The fraction of sp³-hybridized carbons (Fsp3) is 0.500. The van der Waals surface area contributed by atoms with Gasteiger partial charge in [-0.15, -0.1) is 5.10 Å². The van der Waals surface area contributed by atoms with E-state index in [2.05, 4.69) is 20.2 Å². The molecule has 1 fully saturated rings. The van der Waals surface area contributed by atoms with Gasteiger partial charge in [0.05, 0.1) is 18.8 Å². The van der Waals surface area contributed by atoms with Crippen molar-refractivity contribution in [3.8, 4) is 11.3 Å². The number of pyridine rings is 1. The average Bonchev–Trinajstić information content (AvgIpc) is 3.15. The van der Waals surface area contributed by atoms with E-state index < -0.39 is 0 Å². The first-order chi connectivity index (χ1) is 9.88. The van der Waals surface area contributed by atoms with E-state index in [-0.39, 0.29) is 6.61 Å². The molecule has 6 heteroatoms. The van der Waals surface area contributed by atoms with Gasteiger partial charge in [0.25, 0.3) is 0 Å². The third-order valence-corrected chi connectivity index (χ3v) is 3.72. The number of likely N-dealkylation sites (tertiary alicyclic amines) is 1. The molecule has 0 atom stereocenters. The molecular weight excluding hydrogens is 254 g/mol. The molecule has 0 saturated carbocycles. The van der Waals surface area contributed by atoms with E-state index in [9.17, 15) is 5.11 Å². The van der Waals surface area contributed by atoms with Crippen LogP contribution in [-0.4, -0.2) is 49.6 Å². The Morgan fingerprint density at radius 2 is 2.05 bits per heavy atom. The van der Waals surface area contributed by atoms with Crippen LogP contribution in [0, 0.1) is 0 Å². The largest absolute Gasteiger partial charge is 0.390 e. The third-order valence-electron chi connectivity index (χ3n) is 3.72. The summed E-state index contributed by atoms with van der Waals surface area (Å²) in [7, 11) is 0. The molecule has 6 nitrogen and oxygen atoms in total. The topological polar surface area (TPSA) is 67.1 Å². The Bertz CT molecular complexity index is 548. The van der Waals surface area contributed by atoms with E-state index in [1.54, 1.807) is 12.4 Å². The monoisotopic (exact) mass is 273 g/mol. The van der Waals surface area contributed by atoms with E-state index in [4.69, 9.17) is 0 Å². The van der Waals surface area contributed by atoms with Crippen LogP contribution < -0.4 is 0 Å². The van der Waals surface area contributed by atoms with E-state index in [0.717, 1.165) is 24.3 Å². The molecule has 2 aromatic heterocycles. The Morgan fingerprint density at radius 1 is 1.20 bits per heavy atom. The van der Waals surface area contributed by atoms with Gasteiger partial charge in [-0.3, -0.25) is 4.98 Å². The molecule has 0 amide bonds. The zero-order valence-electron chi connectivity index (χ0n) is 11.4. The van der Waals surface area contributed by atoms with Crippen LogP contribution in [-0.2, 0) is 13.2 Å². The number of rotatable bonds is 5. The Kier molecular flexibility index (Phi) is 4.03. The van der Waals surface area contributed by atoms with E-state index in [1.165, 1.54) is 25.9 Å². The summed E-state index contributed by atoms with van der Waals surface area (Å²) in [5, 5.41) is 17.7. The minimum Gasteiger partial charge on any atom is -0.390 e. The normalized spacial score (nSPS) is 15.8. The van der Waals surface area contributed by atoms with Gasteiger partial charge in [-0.1, -0.05) is 5.21 Å². The van der Waals surface area contributed by atoms with Crippen molar-refractivity contribution in [3.63, 3.8) is 0 Å². The Labute approximate surface area is 118 Å². The maximum Gasteiger partial charge on any atom is 0.116 e. The van der Waals surface area contributed by atoms with Gasteiger partial charge in [-0.05, 0) is 38.1 Å². The van der Waals surface area contributed by atoms with Gasteiger partial charge in [0.2, 0.25) is 0 Å². The second-order valence-corrected chi connectivity index (χ2v) is 5.06. The second kappa shape index (κ2) is 6.11.